The largest absolute Gasteiger partial charge is 0.396 e. The molecule has 0 radical (unpaired) electrons. The quantitative estimate of drug-likeness (QED) is 0.769. The van der Waals surface area contributed by atoms with Crippen LogP contribution in [0.5, 0.6) is 0 Å². The number of anilines is 1. The van der Waals surface area contributed by atoms with Gasteiger partial charge >= 0.3 is 0 Å². The Balaban J connectivity index is 1.88. The molecule has 0 aliphatic heterocycles. The number of pyridine rings is 1. The number of carbonyl (C=O) groups is 1. The van der Waals surface area contributed by atoms with Crippen LogP contribution in [0.2, 0.25) is 5.02 Å². The second-order valence-corrected chi connectivity index (χ2v) is 5.59. The number of rotatable bonds is 4. The van der Waals surface area contributed by atoms with Gasteiger partial charge in [-0.25, -0.2) is 0 Å². The Labute approximate surface area is 138 Å². The third-order valence-corrected chi connectivity index (χ3v) is 3.74. The molecule has 0 aliphatic carbocycles. The van der Waals surface area contributed by atoms with E-state index in [0.717, 1.165) is 10.9 Å². The molecule has 0 bridgehead atoms. The van der Waals surface area contributed by atoms with E-state index in [9.17, 15) is 4.79 Å². The molecule has 0 saturated carbocycles. The average Bonchev–Trinajstić information content (AvgIpc) is 2.56. The van der Waals surface area contributed by atoms with Crippen molar-refractivity contribution in [2.75, 3.05) is 11.9 Å². The zero-order valence-corrected chi connectivity index (χ0v) is 13.0. The first-order valence-corrected chi connectivity index (χ1v) is 7.60. The van der Waals surface area contributed by atoms with Gasteiger partial charge in [-0.3, -0.25) is 9.78 Å². The third kappa shape index (κ3) is 3.50. The highest BCUT2D eigenvalue weighted by molar-refractivity contribution is 6.32. The maximum atomic E-state index is 12.5. The molecule has 1 aromatic heterocycles. The number of carbonyl (C=O) groups excluding carboxylic acids is 1. The SMILES string of the molecule is O=C(Nc1ccc(CCO)cc1)c1cc(Cl)cc2cccnc12. The summed E-state index contributed by atoms with van der Waals surface area (Å²) in [6.07, 6.45) is 2.24. The lowest BCUT2D eigenvalue weighted by molar-refractivity contribution is 0.102. The molecular weight excluding hydrogens is 312 g/mol. The van der Waals surface area contributed by atoms with Gasteiger partial charge in [0.2, 0.25) is 0 Å². The predicted molar refractivity (Wildman–Crippen MR) is 91.9 cm³/mol. The van der Waals surface area contributed by atoms with Crippen LogP contribution in [0.25, 0.3) is 10.9 Å². The maximum Gasteiger partial charge on any atom is 0.257 e. The van der Waals surface area contributed by atoms with Gasteiger partial charge < -0.3 is 10.4 Å². The molecule has 1 heterocycles. The molecule has 2 aromatic carbocycles. The van der Waals surface area contributed by atoms with E-state index < -0.39 is 0 Å². The number of nitrogens with zero attached hydrogens (tertiary/aromatic N) is 1. The van der Waals surface area contributed by atoms with Crippen LogP contribution in [0.1, 0.15) is 15.9 Å². The predicted octanol–water partition coefficient (Wildman–Crippen LogP) is 3.68. The zero-order chi connectivity index (χ0) is 16.2. The number of halogens is 1. The van der Waals surface area contributed by atoms with Gasteiger partial charge in [0.25, 0.3) is 5.91 Å². The van der Waals surface area contributed by atoms with E-state index in [4.69, 9.17) is 16.7 Å². The highest BCUT2D eigenvalue weighted by Crippen LogP contribution is 2.23. The van der Waals surface area contributed by atoms with Crippen LogP contribution in [0, 0.1) is 0 Å². The molecule has 3 aromatic rings. The number of benzene rings is 2. The number of aliphatic hydroxyl groups is 1. The van der Waals surface area contributed by atoms with Gasteiger partial charge in [0.05, 0.1) is 11.1 Å². The molecule has 2 N–H and O–H groups in total. The van der Waals surface area contributed by atoms with Crippen LogP contribution in [0.3, 0.4) is 0 Å². The number of aromatic nitrogens is 1. The van der Waals surface area contributed by atoms with Gasteiger partial charge in [-0.2, -0.15) is 0 Å². The van der Waals surface area contributed by atoms with Crippen LogP contribution in [0.4, 0.5) is 5.69 Å². The van der Waals surface area contributed by atoms with Crippen molar-refractivity contribution in [2.45, 2.75) is 6.42 Å². The summed E-state index contributed by atoms with van der Waals surface area (Å²) >= 11 is 6.09. The van der Waals surface area contributed by atoms with Gasteiger partial charge in [0.1, 0.15) is 0 Å². The van der Waals surface area contributed by atoms with Crippen molar-refractivity contribution in [1.82, 2.24) is 4.98 Å². The average molecular weight is 327 g/mol. The van der Waals surface area contributed by atoms with E-state index in [-0.39, 0.29) is 12.5 Å². The van der Waals surface area contributed by atoms with E-state index in [1.165, 1.54) is 0 Å². The normalized spacial score (nSPS) is 10.7. The summed E-state index contributed by atoms with van der Waals surface area (Å²) in [6, 6.07) is 14.4. The Morgan fingerprint density at radius 1 is 1.17 bits per heavy atom. The molecule has 1 amide bonds. The Bertz CT molecular complexity index is 847. The Hall–Kier alpha value is -2.43. The Morgan fingerprint density at radius 3 is 2.70 bits per heavy atom. The summed E-state index contributed by atoms with van der Waals surface area (Å²) in [5, 5.41) is 13.1. The van der Waals surface area contributed by atoms with Gasteiger partial charge in [0, 0.05) is 28.9 Å². The number of hydrogen-bond donors (Lipinski definition) is 2. The van der Waals surface area contributed by atoms with Gasteiger partial charge in [-0.1, -0.05) is 29.8 Å². The standard InChI is InChI=1S/C18H15ClN2O2/c19-14-10-13-2-1-8-20-17(13)16(11-14)18(23)21-15-5-3-12(4-6-15)7-9-22/h1-6,8,10-11,22H,7,9H2,(H,21,23). The van der Waals surface area contributed by atoms with Crippen LogP contribution in [-0.2, 0) is 6.42 Å². The van der Waals surface area contributed by atoms with Crippen molar-refractivity contribution in [3.05, 3.63) is 70.9 Å². The monoisotopic (exact) mass is 326 g/mol. The molecule has 0 atom stereocenters. The van der Waals surface area contributed by atoms with E-state index >= 15 is 0 Å². The number of nitrogens with one attached hydrogen (secondary N) is 1. The fourth-order valence-electron chi connectivity index (χ4n) is 2.41. The highest BCUT2D eigenvalue weighted by Gasteiger charge is 2.13. The summed E-state index contributed by atoms with van der Waals surface area (Å²) in [7, 11) is 0. The molecule has 0 saturated heterocycles. The fourth-order valence-corrected chi connectivity index (χ4v) is 2.64. The molecule has 5 heteroatoms. The first kappa shape index (κ1) is 15.5. The minimum Gasteiger partial charge on any atom is -0.396 e. The lowest BCUT2D eigenvalue weighted by Gasteiger charge is -2.09. The van der Waals surface area contributed by atoms with Gasteiger partial charge in [-0.15, -0.1) is 0 Å². The number of fused-ring (bicyclic) bond motifs is 1. The maximum absolute atomic E-state index is 12.5. The van der Waals surface area contributed by atoms with Gasteiger partial charge in [-0.05, 0) is 42.3 Å². The minimum absolute atomic E-state index is 0.103. The number of amides is 1. The summed E-state index contributed by atoms with van der Waals surface area (Å²) in [4.78, 5) is 16.8. The Morgan fingerprint density at radius 2 is 1.96 bits per heavy atom. The van der Waals surface area contributed by atoms with Crippen molar-refractivity contribution < 1.29 is 9.90 Å². The lowest BCUT2D eigenvalue weighted by Crippen LogP contribution is -2.13. The molecule has 0 spiro atoms. The first-order chi connectivity index (χ1) is 11.2. The van der Waals surface area contributed by atoms with Crippen molar-refractivity contribution >= 4 is 34.1 Å². The molecule has 0 aliphatic rings. The van der Waals surface area contributed by atoms with Crippen LogP contribution >= 0.6 is 11.6 Å². The van der Waals surface area contributed by atoms with Crippen molar-refractivity contribution in [3.63, 3.8) is 0 Å². The van der Waals surface area contributed by atoms with Crippen LogP contribution in [-0.4, -0.2) is 22.6 Å². The van der Waals surface area contributed by atoms with E-state index in [0.29, 0.717) is 28.2 Å². The van der Waals surface area contributed by atoms with Crippen molar-refractivity contribution in [1.29, 1.82) is 0 Å². The molecule has 0 unspecified atom stereocenters. The topological polar surface area (TPSA) is 62.2 Å². The molecule has 23 heavy (non-hydrogen) atoms. The van der Waals surface area contributed by atoms with E-state index in [1.54, 1.807) is 24.4 Å². The second kappa shape index (κ2) is 6.77. The summed E-state index contributed by atoms with van der Waals surface area (Å²) < 4.78 is 0. The third-order valence-electron chi connectivity index (χ3n) is 3.53. The second-order valence-electron chi connectivity index (χ2n) is 5.15. The highest BCUT2D eigenvalue weighted by atomic mass is 35.5. The van der Waals surface area contributed by atoms with Crippen molar-refractivity contribution in [3.8, 4) is 0 Å². The fraction of sp³-hybridized carbons (Fsp3) is 0.111. The smallest absolute Gasteiger partial charge is 0.257 e. The lowest BCUT2D eigenvalue weighted by atomic mass is 10.1. The minimum atomic E-state index is -0.258. The number of hydrogen-bond acceptors (Lipinski definition) is 3. The number of aliphatic hydroxyl groups excluding tert-OH is 1. The van der Waals surface area contributed by atoms with Crippen LogP contribution < -0.4 is 5.32 Å². The summed E-state index contributed by atoms with van der Waals surface area (Å²) in [5.41, 5.74) is 2.75. The molecular formula is C18H15ClN2O2. The van der Waals surface area contributed by atoms with Crippen molar-refractivity contribution in [2.24, 2.45) is 0 Å². The molecule has 116 valence electrons. The zero-order valence-electron chi connectivity index (χ0n) is 12.3. The van der Waals surface area contributed by atoms with E-state index in [1.807, 2.05) is 30.3 Å². The summed E-state index contributed by atoms with van der Waals surface area (Å²) in [5.74, 6) is -0.258. The Kier molecular flexibility index (Phi) is 4.55. The first-order valence-electron chi connectivity index (χ1n) is 7.23. The molecule has 0 fully saturated rings. The van der Waals surface area contributed by atoms with E-state index in [2.05, 4.69) is 10.3 Å². The molecule has 3 rings (SSSR count). The van der Waals surface area contributed by atoms with Crippen LogP contribution in [0.15, 0.2) is 54.7 Å². The van der Waals surface area contributed by atoms with Gasteiger partial charge in [0.15, 0.2) is 0 Å². The molecule has 4 nitrogen and oxygen atoms in total. The summed E-state index contributed by atoms with van der Waals surface area (Å²) in [6.45, 7) is 0.103.